The molecule has 3 rings (SSSR count). The van der Waals surface area contributed by atoms with Gasteiger partial charge in [0.15, 0.2) is 0 Å². The Hall–Kier alpha value is -1.84. The second-order valence-corrected chi connectivity index (χ2v) is 5.98. The summed E-state index contributed by atoms with van der Waals surface area (Å²) in [5.41, 5.74) is 1.67. The first kappa shape index (κ1) is 13.2. The van der Waals surface area contributed by atoms with Crippen LogP contribution in [0.1, 0.15) is 30.4 Å². The van der Waals surface area contributed by atoms with Gasteiger partial charge in [0.05, 0.1) is 6.42 Å². The fourth-order valence-electron chi connectivity index (χ4n) is 3.32. The maximum atomic E-state index is 12.1. The summed E-state index contributed by atoms with van der Waals surface area (Å²) in [6, 6.07) is 7.39. The molecule has 2 atom stereocenters. The molecule has 2 aliphatic rings. The first-order valence-electron chi connectivity index (χ1n) is 7.19. The highest BCUT2D eigenvalue weighted by Gasteiger charge is 2.47. The molecule has 0 heterocycles. The number of carboxylic acids is 1. The van der Waals surface area contributed by atoms with Crippen molar-refractivity contribution in [1.82, 2.24) is 5.32 Å². The van der Waals surface area contributed by atoms with Crippen LogP contribution in [0.5, 0.6) is 0 Å². The smallest absolute Gasteiger partial charge is 0.307 e. The van der Waals surface area contributed by atoms with E-state index in [1.165, 1.54) is 6.42 Å². The maximum Gasteiger partial charge on any atom is 0.307 e. The van der Waals surface area contributed by atoms with Crippen molar-refractivity contribution >= 4 is 11.9 Å². The summed E-state index contributed by atoms with van der Waals surface area (Å²) >= 11 is 0. The highest BCUT2D eigenvalue weighted by molar-refractivity contribution is 5.79. The van der Waals surface area contributed by atoms with Crippen LogP contribution in [0, 0.1) is 17.8 Å². The van der Waals surface area contributed by atoms with Crippen LogP contribution in [0.2, 0.25) is 0 Å². The van der Waals surface area contributed by atoms with E-state index in [1.807, 2.05) is 18.2 Å². The van der Waals surface area contributed by atoms with Crippen LogP contribution in [-0.2, 0) is 22.6 Å². The van der Waals surface area contributed by atoms with E-state index in [2.05, 4.69) is 5.32 Å². The molecule has 2 N–H and O–H groups in total. The molecule has 2 aliphatic carbocycles. The Morgan fingerprint density at radius 2 is 1.75 bits per heavy atom. The van der Waals surface area contributed by atoms with Crippen molar-refractivity contribution in [1.29, 1.82) is 0 Å². The van der Waals surface area contributed by atoms with Crippen LogP contribution < -0.4 is 5.32 Å². The Bertz CT molecular complexity index is 530. The Balaban J connectivity index is 1.57. The Kier molecular flexibility index (Phi) is 3.47. The van der Waals surface area contributed by atoms with Crippen LogP contribution in [0.15, 0.2) is 24.3 Å². The summed E-state index contributed by atoms with van der Waals surface area (Å²) in [5, 5.41) is 11.9. The van der Waals surface area contributed by atoms with Crippen molar-refractivity contribution in [3.63, 3.8) is 0 Å². The molecule has 2 unspecified atom stereocenters. The standard InChI is InChI=1S/C16H19NO3/c18-15(19)8-10-3-1-2-4-11(10)9-17-16(20)14-6-12-5-13(12)7-14/h1-4,12-14H,5-9H2,(H,17,20)(H,18,19). The van der Waals surface area contributed by atoms with E-state index in [1.54, 1.807) is 6.07 Å². The first-order chi connectivity index (χ1) is 9.63. The van der Waals surface area contributed by atoms with Gasteiger partial charge in [-0.25, -0.2) is 0 Å². The average Bonchev–Trinajstić information content (AvgIpc) is 3.03. The van der Waals surface area contributed by atoms with Gasteiger partial charge in [0.2, 0.25) is 5.91 Å². The molecule has 1 amide bonds. The summed E-state index contributed by atoms with van der Waals surface area (Å²) in [5.74, 6) is 1.04. The number of hydrogen-bond donors (Lipinski definition) is 2. The van der Waals surface area contributed by atoms with Crippen molar-refractivity contribution in [3.05, 3.63) is 35.4 Å². The van der Waals surface area contributed by atoms with Crippen molar-refractivity contribution in [3.8, 4) is 0 Å². The highest BCUT2D eigenvalue weighted by atomic mass is 16.4. The number of rotatable bonds is 5. The van der Waals surface area contributed by atoms with E-state index in [9.17, 15) is 9.59 Å². The number of carbonyl (C=O) groups is 2. The number of aliphatic carboxylic acids is 1. The van der Waals surface area contributed by atoms with Gasteiger partial charge < -0.3 is 10.4 Å². The molecule has 4 nitrogen and oxygen atoms in total. The number of carbonyl (C=O) groups excluding carboxylic acids is 1. The van der Waals surface area contributed by atoms with Crippen molar-refractivity contribution < 1.29 is 14.7 Å². The van der Waals surface area contributed by atoms with Crippen molar-refractivity contribution in [2.45, 2.75) is 32.2 Å². The maximum absolute atomic E-state index is 12.1. The topological polar surface area (TPSA) is 66.4 Å². The fourth-order valence-corrected chi connectivity index (χ4v) is 3.32. The third-order valence-corrected chi connectivity index (χ3v) is 4.53. The summed E-state index contributed by atoms with van der Waals surface area (Å²) in [7, 11) is 0. The van der Waals surface area contributed by atoms with Crippen LogP contribution >= 0.6 is 0 Å². The van der Waals surface area contributed by atoms with Gasteiger partial charge in [-0.2, -0.15) is 0 Å². The predicted molar refractivity (Wildman–Crippen MR) is 73.9 cm³/mol. The molecule has 2 saturated carbocycles. The average molecular weight is 273 g/mol. The molecule has 0 aliphatic heterocycles. The molecule has 0 aromatic heterocycles. The molecular weight excluding hydrogens is 254 g/mol. The van der Waals surface area contributed by atoms with E-state index in [-0.39, 0.29) is 18.2 Å². The molecule has 0 spiro atoms. The van der Waals surface area contributed by atoms with Gasteiger partial charge in [0, 0.05) is 12.5 Å². The zero-order chi connectivity index (χ0) is 14.1. The molecule has 0 radical (unpaired) electrons. The van der Waals surface area contributed by atoms with Gasteiger partial charge in [0.25, 0.3) is 0 Å². The minimum atomic E-state index is -0.848. The third-order valence-electron chi connectivity index (χ3n) is 4.53. The van der Waals surface area contributed by atoms with Gasteiger partial charge in [-0.1, -0.05) is 24.3 Å². The number of nitrogens with one attached hydrogen (secondary N) is 1. The summed E-state index contributed by atoms with van der Waals surface area (Å²) in [6.45, 7) is 0.425. The van der Waals surface area contributed by atoms with E-state index in [0.29, 0.717) is 6.54 Å². The molecule has 106 valence electrons. The van der Waals surface area contributed by atoms with Gasteiger partial charge in [-0.05, 0) is 42.2 Å². The SMILES string of the molecule is O=C(O)Cc1ccccc1CNC(=O)C1CC2CC2C1. The zero-order valence-electron chi connectivity index (χ0n) is 11.3. The van der Waals surface area contributed by atoms with Crippen LogP contribution in [0.3, 0.4) is 0 Å². The molecule has 4 heteroatoms. The molecule has 20 heavy (non-hydrogen) atoms. The lowest BCUT2D eigenvalue weighted by molar-refractivity contribution is -0.136. The van der Waals surface area contributed by atoms with E-state index in [4.69, 9.17) is 5.11 Å². The summed E-state index contributed by atoms with van der Waals surface area (Å²) < 4.78 is 0. The van der Waals surface area contributed by atoms with E-state index < -0.39 is 5.97 Å². The molecule has 2 fully saturated rings. The monoisotopic (exact) mass is 273 g/mol. The van der Waals surface area contributed by atoms with E-state index in [0.717, 1.165) is 35.8 Å². The second kappa shape index (κ2) is 5.27. The Morgan fingerprint density at radius 3 is 2.40 bits per heavy atom. The van der Waals surface area contributed by atoms with Gasteiger partial charge in [-0.3, -0.25) is 9.59 Å². The number of hydrogen-bond acceptors (Lipinski definition) is 2. The molecule has 1 aromatic rings. The van der Waals surface area contributed by atoms with Crippen LogP contribution in [0.25, 0.3) is 0 Å². The highest BCUT2D eigenvalue weighted by Crippen LogP contribution is 2.54. The fraction of sp³-hybridized carbons (Fsp3) is 0.500. The minimum Gasteiger partial charge on any atom is -0.481 e. The lowest BCUT2D eigenvalue weighted by atomic mass is 10.0. The number of carboxylic acid groups (broad SMARTS) is 1. The van der Waals surface area contributed by atoms with Crippen molar-refractivity contribution in [2.75, 3.05) is 0 Å². The number of amides is 1. The van der Waals surface area contributed by atoms with Gasteiger partial charge in [0.1, 0.15) is 0 Å². The van der Waals surface area contributed by atoms with Crippen LogP contribution in [-0.4, -0.2) is 17.0 Å². The Morgan fingerprint density at radius 1 is 1.10 bits per heavy atom. The molecular formula is C16H19NO3. The first-order valence-corrected chi connectivity index (χ1v) is 7.19. The van der Waals surface area contributed by atoms with Crippen molar-refractivity contribution in [2.24, 2.45) is 17.8 Å². The summed E-state index contributed by atoms with van der Waals surface area (Å²) in [6.07, 6.45) is 3.38. The van der Waals surface area contributed by atoms with Gasteiger partial charge >= 0.3 is 5.97 Å². The third kappa shape index (κ3) is 2.84. The van der Waals surface area contributed by atoms with E-state index >= 15 is 0 Å². The molecule has 0 bridgehead atoms. The second-order valence-electron chi connectivity index (χ2n) is 5.98. The van der Waals surface area contributed by atoms with Crippen LogP contribution in [0.4, 0.5) is 0 Å². The number of fused-ring (bicyclic) bond motifs is 1. The lowest BCUT2D eigenvalue weighted by Crippen LogP contribution is -2.30. The Labute approximate surface area is 118 Å². The molecule has 0 saturated heterocycles. The minimum absolute atomic E-state index is 0.000376. The van der Waals surface area contributed by atoms with Gasteiger partial charge in [-0.15, -0.1) is 0 Å². The predicted octanol–water partition coefficient (Wildman–Crippen LogP) is 1.98. The lowest BCUT2D eigenvalue weighted by Gasteiger charge is -2.14. The quantitative estimate of drug-likeness (QED) is 0.862. The zero-order valence-corrected chi connectivity index (χ0v) is 11.3. The summed E-state index contributed by atoms with van der Waals surface area (Å²) in [4.78, 5) is 22.9. The largest absolute Gasteiger partial charge is 0.481 e. The molecule has 1 aromatic carbocycles. The normalized spacial score (nSPS) is 26.9. The number of benzene rings is 1.